The molecule has 0 saturated carbocycles. The number of hydrogen-bond donors (Lipinski definition) is 1. The first-order valence-electron chi connectivity index (χ1n) is 5.66. The Bertz CT molecular complexity index is 599. The van der Waals surface area contributed by atoms with E-state index < -0.39 is 16.6 Å². The number of halogens is 1. The molecule has 0 aliphatic rings. The number of anilines is 1. The summed E-state index contributed by atoms with van der Waals surface area (Å²) in [7, 11) is 0.185. The molecule has 0 aromatic heterocycles. The zero-order valence-corrected chi connectivity index (χ0v) is 11.2. The highest BCUT2D eigenvalue weighted by molar-refractivity contribution is 7.84. The minimum Gasteiger partial charge on any atom is -0.494 e. The number of methoxy groups -OCH3 is 1. The molecular weight excluding hydrogens is 265 g/mol. The van der Waals surface area contributed by atoms with Crippen LogP contribution < -0.4 is 10.5 Å². The van der Waals surface area contributed by atoms with Crippen molar-refractivity contribution in [3.8, 4) is 5.75 Å². The third kappa shape index (κ3) is 3.32. The molecule has 0 amide bonds. The molecule has 5 heteroatoms. The van der Waals surface area contributed by atoms with Crippen molar-refractivity contribution < 1.29 is 13.3 Å². The molecule has 1 atom stereocenters. The Morgan fingerprint density at radius 3 is 2.47 bits per heavy atom. The van der Waals surface area contributed by atoms with Gasteiger partial charge in [-0.3, -0.25) is 4.21 Å². The summed E-state index contributed by atoms with van der Waals surface area (Å²) < 4.78 is 30.5. The minimum absolute atomic E-state index is 0.182. The lowest BCUT2D eigenvalue weighted by Gasteiger charge is -2.06. The first kappa shape index (κ1) is 13.5. The van der Waals surface area contributed by atoms with Crippen LogP contribution in [0, 0.1) is 5.82 Å². The van der Waals surface area contributed by atoms with Gasteiger partial charge in [-0.05, 0) is 42.0 Å². The van der Waals surface area contributed by atoms with Crippen molar-refractivity contribution in [2.24, 2.45) is 0 Å². The summed E-state index contributed by atoms with van der Waals surface area (Å²) in [6.45, 7) is 0. The lowest BCUT2D eigenvalue weighted by atomic mass is 10.2. The van der Waals surface area contributed by atoms with Crippen molar-refractivity contribution in [2.75, 3.05) is 12.8 Å². The highest BCUT2D eigenvalue weighted by atomic mass is 32.2. The van der Waals surface area contributed by atoms with Crippen LogP contribution in [0.2, 0.25) is 0 Å². The van der Waals surface area contributed by atoms with Gasteiger partial charge < -0.3 is 10.5 Å². The molecule has 2 rings (SSSR count). The molecule has 0 radical (unpaired) electrons. The van der Waals surface area contributed by atoms with Gasteiger partial charge in [-0.25, -0.2) is 4.39 Å². The summed E-state index contributed by atoms with van der Waals surface area (Å²) in [5.74, 6) is -0.0125. The van der Waals surface area contributed by atoms with Gasteiger partial charge in [-0.15, -0.1) is 0 Å². The van der Waals surface area contributed by atoms with Crippen molar-refractivity contribution in [2.45, 2.75) is 10.6 Å². The number of nitrogens with two attached hydrogens (primary N) is 1. The van der Waals surface area contributed by atoms with E-state index in [1.807, 2.05) is 0 Å². The van der Waals surface area contributed by atoms with E-state index in [4.69, 9.17) is 10.5 Å². The number of benzene rings is 2. The molecule has 0 heterocycles. The van der Waals surface area contributed by atoms with E-state index in [0.29, 0.717) is 16.1 Å². The summed E-state index contributed by atoms with van der Waals surface area (Å²) in [5, 5.41) is 0. The molecular formula is C14H14FNO2S. The Kier molecular flexibility index (Phi) is 4.16. The number of ether oxygens (including phenoxy) is 1. The first-order chi connectivity index (χ1) is 9.10. The maximum absolute atomic E-state index is 13.5. The molecule has 2 aromatic rings. The Morgan fingerprint density at radius 2 is 1.89 bits per heavy atom. The van der Waals surface area contributed by atoms with Crippen LogP contribution in [0.4, 0.5) is 10.1 Å². The smallest absolute Gasteiger partial charge is 0.165 e. The van der Waals surface area contributed by atoms with Crippen molar-refractivity contribution in [3.05, 3.63) is 53.8 Å². The first-order valence-corrected chi connectivity index (χ1v) is 6.98. The fraction of sp³-hybridized carbons (Fsp3) is 0.143. The Hall–Kier alpha value is -1.88. The maximum atomic E-state index is 13.5. The van der Waals surface area contributed by atoms with Gasteiger partial charge >= 0.3 is 0 Å². The Labute approximate surface area is 113 Å². The predicted octanol–water partition coefficient (Wildman–Crippen LogP) is 2.72. The van der Waals surface area contributed by atoms with Crippen LogP contribution in [0.3, 0.4) is 0 Å². The van der Waals surface area contributed by atoms with Crippen LogP contribution in [0.5, 0.6) is 5.75 Å². The second-order valence-electron chi connectivity index (χ2n) is 4.03. The molecule has 1 unspecified atom stereocenters. The van der Waals surface area contributed by atoms with Gasteiger partial charge in [0, 0.05) is 10.6 Å². The second-order valence-corrected chi connectivity index (χ2v) is 5.48. The number of nitrogen functional groups attached to an aromatic ring is 1. The second kappa shape index (κ2) is 5.84. The molecule has 0 aliphatic carbocycles. The summed E-state index contributed by atoms with van der Waals surface area (Å²) in [6.07, 6.45) is 0. The zero-order chi connectivity index (χ0) is 13.8. The highest BCUT2D eigenvalue weighted by Gasteiger charge is 2.08. The monoisotopic (exact) mass is 279 g/mol. The Balaban J connectivity index is 2.14. The maximum Gasteiger partial charge on any atom is 0.165 e. The van der Waals surface area contributed by atoms with Crippen LogP contribution in [-0.4, -0.2) is 11.3 Å². The van der Waals surface area contributed by atoms with Gasteiger partial charge in [0.15, 0.2) is 11.6 Å². The van der Waals surface area contributed by atoms with E-state index >= 15 is 0 Å². The van der Waals surface area contributed by atoms with Crippen LogP contribution >= 0.6 is 0 Å². The summed E-state index contributed by atoms with van der Waals surface area (Å²) in [4.78, 5) is 0.672. The summed E-state index contributed by atoms with van der Waals surface area (Å²) >= 11 is 0. The highest BCUT2D eigenvalue weighted by Crippen LogP contribution is 2.20. The molecule has 100 valence electrons. The molecule has 3 nitrogen and oxygen atoms in total. The zero-order valence-electron chi connectivity index (χ0n) is 10.4. The van der Waals surface area contributed by atoms with E-state index in [-0.39, 0.29) is 11.5 Å². The van der Waals surface area contributed by atoms with Gasteiger partial charge in [-0.2, -0.15) is 0 Å². The largest absolute Gasteiger partial charge is 0.494 e. The normalized spacial score (nSPS) is 12.1. The molecule has 0 bridgehead atoms. The average Bonchev–Trinajstić information content (AvgIpc) is 2.39. The van der Waals surface area contributed by atoms with E-state index in [0.717, 1.165) is 0 Å². The van der Waals surface area contributed by atoms with E-state index in [1.54, 1.807) is 30.3 Å². The van der Waals surface area contributed by atoms with Crippen molar-refractivity contribution in [1.82, 2.24) is 0 Å². The van der Waals surface area contributed by atoms with Gasteiger partial charge in [0.05, 0.1) is 23.7 Å². The fourth-order valence-corrected chi connectivity index (χ4v) is 2.74. The van der Waals surface area contributed by atoms with Crippen LogP contribution in [0.15, 0.2) is 47.4 Å². The Morgan fingerprint density at radius 1 is 1.21 bits per heavy atom. The predicted molar refractivity (Wildman–Crippen MR) is 73.9 cm³/mol. The summed E-state index contributed by atoms with van der Waals surface area (Å²) in [5.41, 5.74) is 6.85. The lowest BCUT2D eigenvalue weighted by Crippen LogP contribution is -1.98. The SMILES string of the molecule is COc1ccc(CS(=O)c2ccc(N)cc2)cc1F. The van der Waals surface area contributed by atoms with Gasteiger partial charge in [0.1, 0.15) is 0 Å². The standard InChI is InChI=1S/C14H14FNO2S/c1-18-14-7-2-10(8-13(14)15)9-19(17)12-5-3-11(16)4-6-12/h2-8H,9,16H2,1H3. The topological polar surface area (TPSA) is 52.3 Å². The van der Waals surface area contributed by atoms with Crippen molar-refractivity contribution in [1.29, 1.82) is 0 Å². The van der Waals surface area contributed by atoms with E-state index in [2.05, 4.69) is 0 Å². The minimum atomic E-state index is -1.22. The molecule has 0 spiro atoms. The molecule has 19 heavy (non-hydrogen) atoms. The molecule has 0 saturated heterocycles. The van der Waals surface area contributed by atoms with Crippen LogP contribution in [0.1, 0.15) is 5.56 Å². The molecule has 2 N–H and O–H groups in total. The quantitative estimate of drug-likeness (QED) is 0.875. The van der Waals surface area contributed by atoms with Gasteiger partial charge in [0.2, 0.25) is 0 Å². The fourth-order valence-electron chi connectivity index (χ4n) is 1.65. The van der Waals surface area contributed by atoms with Crippen LogP contribution in [0.25, 0.3) is 0 Å². The number of rotatable bonds is 4. The molecule has 0 aliphatic heterocycles. The van der Waals surface area contributed by atoms with Gasteiger partial charge in [0.25, 0.3) is 0 Å². The van der Waals surface area contributed by atoms with Crippen LogP contribution in [-0.2, 0) is 16.6 Å². The average molecular weight is 279 g/mol. The third-order valence-electron chi connectivity index (χ3n) is 2.66. The lowest BCUT2D eigenvalue weighted by molar-refractivity contribution is 0.386. The molecule has 2 aromatic carbocycles. The third-order valence-corrected chi connectivity index (χ3v) is 4.05. The van der Waals surface area contributed by atoms with Crippen molar-refractivity contribution >= 4 is 16.5 Å². The van der Waals surface area contributed by atoms with Gasteiger partial charge in [-0.1, -0.05) is 6.07 Å². The van der Waals surface area contributed by atoms with E-state index in [1.165, 1.54) is 19.2 Å². The summed E-state index contributed by atoms with van der Waals surface area (Å²) in [6, 6.07) is 11.4. The van der Waals surface area contributed by atoms with Crippen molar-refractivity contribution in [3.63, 3.8) is 0 Å². The van der Waals surface area contributed by atoms with E-state index in [9.17, 15) is 8.60 Å². The molecule has 0 fully saturated rings. The number of hydrogen-bond acceptors (Lipinski definition) is 3.